The molecular weight excluding hydrogens is 382 g/mol. The molecule has 0 spiro atoms. The van der Waals surface area contributed by atoms with Crippen LogP contribution in [-0.4, -0.2) is 69.1 Å². The lowest BCUT2D eigenvalue weighted by molar-refractivity contribution is -0.160. The fourth-order valence-corrected chi connectivity index (χ4v) is 4.61. The number of phenols is 1. The molecule has 158 valence electrons. The quantitative estimate of drug-likeness (QED) is 0.291. The van der Waals surface area contributed by atoms with Crippen molar-refractivity contribution in [3.8, 4) is 5.75 Å². The summed E-state index contributed by atoms with van der Waals surface area (Å²) in [6.07, 6.45) is -1.91. The maximum atomic E-state index is 13.2. The van der Waals surface area contributed by atoms with E-state index in [1.165, 1.54) is 13.2 Å². The van der Waals surface area contributed by atoms with Gasteiger partial charge in [-0.15, -0.1) is 0 Å². The number of aliphatic hydroxyl groups excluding tert-OH is 3. The number of aliphatic hydroxyl groups is 4. The molecule has 29 heavy (non-hydrogen) atoms. The number of carbonyl (C=O) groups excluding carboxylic acids is 2. The van der Waals surface area contributed by atoms with Crippen molar-refractivity contribution in [2.45, 2.75) is 31.0 Å². The number of methoxy groups -OCH3 is 1. The maximum absolute atomic E-state index is 13.2. The first kappa shape index (κ1) is 21.3. The van der Waals surface area contributed by atoms with E-state index in [0.29, 0.717) is 5.56 Å². The number of hydrogen-bond acceptors (Lipinski definition) is 9. The molecular formula is C20H25NO8. The highest BCUT2D eigenvalue weighted by Gasteiger charge is 2.60. The van der Waals surface area contributed by atoms with E-state index >= 15 is 0 Å². The minimum atomic E-state index is -2.62. The van der Waals surface area contributed by atoms with Crippen molar-refractivity contribution in [3.05, 3.63) is 34.6 Å². The van der Waals surface area contributed by atoms with E-state index in [2.05, 4.69) is 0 Å². The molecule has 1 aromatic rings. The zero-order valence-electron chi connectivity index (χ0n) is 16.1. The lowest BCUT2D eigenvalue weighted by atomic mass is 9.59. The van der Waals surface area contributed by atoms with Crippen LogP contribution in [0.15, 0.2) is 23.5 Å². The van der Waals surface area contributed by atoms with Gasteiger partial charge in [0, 0.05) is 25.0 Å². The van der Waals surface area contributed by atoms with Crippen molar-refractivity contribution < 1.29 is 39.9 Å². The van der Waals surface area contributed by atoms with Gasteiger partial charge in [0.2, 0.25) is 0 Å². The number of ether oxygens (including phenoxy) is 1. The minimum Gasteiger partial charge on any atom is -0.508 e. The topological polar surface area (TPSA) is 171 Å². The fraction of sp³-hybridized carbons (Fsp3) is 0.500. The Hall–Kier alpha value is -2.46. The summed E-state index contributed by atoms with van der Waals surface area (Å²) >= 11 is 0. The number of fused-ring (bicyclic) bond motifs is 2. The van der Waals surface area contributed by atoms with E-state index in [1.807, 2.05) is 0 Å². The van der Waals surface area contributed by atoms with Crippen LogP contribution in [0.1, 0.15) is 35.2 Å². The lowest BCUT2D eigenvalue weighted by Gasteiger charge is -2.48. The molecule has 0 fully saturated rings. The van der Waals surface area contributed by atoms with Gasteiger partial charge in [0.25, 0.3) is 0 Å². The Morgan fingerprint density at radius 3 is 2.55 bits per heavy atom. The van der Waals surface area contributed by atoms with Crippen LogP contribution in [-0.2, 0) is 9.53 Å². The molecule has 5 atom stereocenters. The van der Waals surface area contributed by atoms with Gasteiger partial charge in [-0.05, 0) is 17.5 Å². The van der Waals surface area contributed by atoms with Crippen molar-refractivity contribution in [2.75, 3.05) is 26.1 Å². The smallest absolute Gasteiger partial charge is 0.196 e. The molecule has 9 heteroatoms. The Morgan fingerprint density at radius 2 is 1.97 bits per heavy atom. The molecule has 0 saturated carbocycles. The van der Waals surface area contributed by atoms with E-state index in [-0.39, 0.29) is 23.4 Å². The number of aromatic hydroxyl groups is 1. The van der Waals surface area contributed by atoms with Gasteiger partial charge in [0.15, 0.2) is 17.2 Å². The van der Waals surface area contributed by atoms with Crippen molar-refractivity contribution in [1.29, 1.82) is 0 Å². The number of hydrogen-bond donors (Lipinski definition) is 6. The van der Waals surface area contributed by atoms with Crippen LogP contribution in [0.3, 0.4) is 0 Å². The van der Waals surface area contributed by atoms with Crippen molar-refractivity contribution >= 4 is 17.3 Å². The highest BCUT2D eigenvalue weighted by atomic mass is 16.5. The number of phenolic OH excluding ortho intramolecular Hbond substituents is 1. The van der Waals surface area contributed by atoms with E-state index < -0.39 is 65.6 Å². The molecule has 2 aliphatic rings. The van der Waals surface area contributed by atoms with Gasteiger partial charge in [0.05, 0.1) is 36.5 Å². The number of Topliss-reactive ketones (excluding diaryl/α,β-unsaturated/α-hetero) is 2. The first-order valence-electron chi connectivity index (χ1n) is 9.25. The molecule has 0 bridgehead atoms. The zero-order chi connectivity index (χ0) is 21.7. The molecule has 0 aromatic heterocycles. The first-order chi connectivity index (χ1) is 13.6. The van der Waals surface area contributed by atoms with Gasteiger partial charge >= 0.3 is 0 Å². The molecule has 9 nitrogen and oxygen atoms in total. The minimum absolute atomic E-state index is 0.0388. The molecule has 2 unspecified atom stereocenters. The van der Waals surface area contributed by atoms with Crippen LogP contribution in [0.2, 0.25) is 0 Å². The Morgan fingerprint density at radius 1 is 1.31 bits per heavy atom. The largest absolute Gasteiger partial charge is 0.508 e. The van der Waals surface area contributed by atoms with Gasteiger partial charge in [-0.25, -0.2) is 0 Å². The summed E-state index contributed by atoms with van der Waals surface area (Å²) in [5.41, 5.74) is 3.00. The number of carbonyl (C=O) groups is 2. The first-order valence-corrected chi connectivity index (χ1v) is 9.25. The SMILES string of the molecule is COCC1[C@@H](O)C2C(=C(O)[C@]1(O)C(=O)CCO)C(=O)c1c(ccc(N)c1O)[C@@H]2C. The third-order valence-corrected chi connectivity index (χ3v) is 6.12. The standard InChI is InChI=1S/C20H25NO8/c1-8-9-3-4-11(21)17(25)14(9)18(26)15-13(8)16(24)10(7-29-2)20(28,19(15)27)12(23)5-6-22/h3-4,8,10,13,16,22,24-25,27-28H,5-7,21H2,1-2H3/t8-,10?,13?,16+,20+/m0/s1. The van der Waals surface area contributed by atoms with E-state index in [4.69, 9.17) is 15.6 Å². The average Bonchev–Trinajstić information content (AvgIpc) is 2.68. The Balaban J connectivity index is 2.30. The highest BCUT2D eigenvalue weighted by molar-refractivity contribution is 6.15. The predicted octanol–water partition coefficient (Wildman–Crippen LogP) is 0.0222. The molecule has 0 amide bonds. The van der Waals surface area contributed by atoms with Gasteiger partial charge in [0.1, 0.15) is 11.5 Å². The molecule has 0 saturated heterocycles. The van der Waals surface area contributed by atoms with Gasteiger partial charge in [-0.2, -0.15) is 0 Å². The highest BCUT2D eigenvalue weighted by Crippen LogP contribution is 2.52. The van der Waals surface area contributed by atoms with Crippen LogP contribution in [0.25, 0.3) is 0 Å². The van der Waals surface area contributed by atoms with Crippen LogP contribution >= 0.6 is 0 Å². The number of nitrogen functional groups attached to an aromatic ring is 1. The average molecular weight is 407 g/mol. The summed E-state index contributed by atoms with van der Waals surface area (Å²) in [4.78, 5) is 25.8. The Labute approximate surface area is 167 Å². The molecule has 1 aromatic carbocycles. The second-order valence-corrected chi connectivity index (χ2v) is 7.59. The fourth-order valence-electron chi connectivity index (χ4n) is 4.61. The van der Waals surface area contributed by atoms with Crippen LogP contribution < -0.4 is 5.73 Å². The summed E-state index contributed by atoms with van der Waals surface area (Å²) in [5.74, 6) is -5.88. The molecule has 0 heterocycles. The molecule has 7 N–H and O–H groups in total. The Kier molecular flexibility index (Phi) is 5.44. The normalized spacial score (nSPS) is 31.4. The summed E-state index contributed by atoms with van der Waals surface area (Å²) in [5, 5.41) is 52.6. The summed E-state index contributed by atoms with van der Waals surface area (Å²) in [6, 6.07) is 3.01. The van der Waals surface area contributed by atoms with Crippen LogP contribution in [0.4, 0.5) is 5.69 Å². The number of benzene rings is 1. The van der Waals surface area contributed by atoms with E-state index in [9.17, 15) is 30.0 Å². The molecule has 2 aliphatic carbocycles. The molecule has 0 radical (unpaired) electrons. The van der Waals surface area contributed by atoms with Gasteiger partial charge in [-0.3, -0.25) is 9.59 Å². The second-order valence-electron chi connectivity index (χ2n) is 7.59. The van der Waals surface area contributed by atoms with Crippen molar-refractivity contribution in [3.63, 3.8) is 0 Å². The summed E-state index contributed by atoms with van der Waals surface area (Å²) < 4.78 is 5.06. The number of anilines is 1. The summed E-state index contributed by atoms with van der Waals surface area (Å²) in [7, 11) is 1.31. The van der Waals surface area contributed by atoms with E-state index in [1.54, 1.807) is 13.0 Å². The van der Waals surface area contributed by atoms with Gasteiger partial charge < -0.3 is 36.0 Å². The van der Waals surface area contributed by atoms with Crippen molar-refractivity contribution in [2.24, 2.45) is 11.8 Å². The number of rotatable bonds is 5. The lowest BCUT2D eigenvalue weighted by Crippen LogP contribution is -2.61. The van der Waals surface area contributed by atoms with Gasteiger partial charge in [-0.1, -0.05) is 13.0 Å². The Bertz CT molecular complexity index is 895. The molecule has 0 aliphatic heterocycles. The monoisotopic (exact) mass is 407 g/mol. The third kappa shape index (κ3) is 2.84. The summed E-state index contributed by atoms with van der Waals surface area (Å²) in [6.45, 7) is 0.836. The third-order valence-electron chi connectivity index (χ3n) is 6.12. The van der Waals surface area contributed by atoms with Crippen LogP contribution in [0, 0.1) is 11.8 Å². The number of ketones is 2. The van der Waals surface area contributed by atoms with E-state index in [0.717, 1.165) is 0 Å². The van der Waals surface area contributed by atoms with Crippen molar-refractivity contribution in [1.82, 2.24) is 0 Å². The molecule has 3 rings (SSSR count). The number of nitrogens with two attached hydrogens (primary N) is 1. The predicted molar refractivity (Wildman–Crippen MR) is 101 cm³/mol. The maximum Gasteiger partial charge on any atom is 0.196 e. The zero-order valence-corrected chi connectivity index (χ0v) is 16.1. The van der Waals surface area contributed by atoms with Crippen LogP contribution in [0.5, 0.6) is 5.75 Å². The second kappa shape index (κ2) is 7.42.